The third-order valence-corrected chi connectivity index (χ3v) is 4.50. The van der Waals surface area contributed by atoms with E-state index in [-0.39, 0.29) is 42.7 Å². The summed E-state index contributed by atoms with van der Waals surface area (Å²) in [5.41, 5.74) is 7.69. The maximum absolute atomic E-state index is 12.3. The highest BCUT2D eigenvalue weighted by Crippen LogP contribution is 2.13. The third kappa shape index (κ3) is 7.03. The van der Waals surface area contributed by atoms with Gasteiger partial charge in [-0.2, -0.15) is 0 Å². The van der Waals surface area contributed by atoms with E-state index in [2.05, 4.69) is 15.5 Å². The first-order valence-electron chi connectivity index (χ1n) is 8.84. The Morgan fingerprint density at radius 2 is 1.68 bits per heavy atom. The monoisotopic (exact) mass is 424 g/mol. The molecule has 2 aromatic carbocycles. The Kier molecular flexibility index (Phi) is 9.79. The second kappa shape index (κ2) is 11.5. The second-order valence-corrected chi connectivity index (χ2v) is 6.56. The zero-order valence-electron chi connectivity index (χ0n) is 15.5. The highest BCUT2D eigenvalue weighted by Gasteiger charge is 2.22. The number of benzene rings is 2. The predicted molar refractivity (Wildman–Crippen MR) is 117 cm³/mol. The Balaban J connectivity index is 0.00000196. The molecule has 1 aliphatic rings. The Bertz CT molecular complexity index is 766. The van der Waals surface area contributed by atoms with Gasteiger partial charge in [-0.05, 0) is 43.2 Å². The van der Waals surface area contributed by atoms with Crippen molar-refractivity contribution in [2.24, 2.45) is 0 Å². The molecular weight excluding hydrogens is 399 g/mol. The molecule has 0 spiro atoms. The van der Waals surface area contributed by atoms with Crippen LogP contribution in [0.1, 0.15) is 23.2 Å². The van der Waals surface area contributed by atoms with Crippen LogP contribution < -0.4 is 16.4 Å². The molecule has 152 valence electrons. The molecule has 0 aromatic heterocycles. The summed E-state index contributed by atoms with van der Waals surface area (Å²) in [6.07, 6.45) is 1.65. The van der Waals surface area contributed by atoms with Crippen molar-refractivity contribution in [3.8, 4) is 0 Å². The van der Waals surface area contributed by atoms with E-state index >= 15 is 0 Å². The van der Waals surface area contributed by atoms with Crippen LogP contribution in [-0.2, 0) is 4.79 Å². The van der Waals surface area contributed by atoms with Crippen molar-refractivity contribution < 1.29 is 9.59 Å². The van der Waals surface area contributed by atoms with E-state index in [1.807, 2.05) is 30.3 Å². The van der Waals surface area contributed by atoms with E-state index in [1.165, 1.54) is 0 Å². The minimum absolute atomic E-state index is 0. The minimum atomic E-state index is -0.0995. The molecule has 2 aromatic rings. The lowest BCUT2D eigenvalue weighted by Gasteiger charge is -2.31. The van der Waals surface area contributed by atoms with Crippen LogP contribution in [0.25, 0.3) is 0 Å². The molecule has 0 saturated carbocycles. The summed E-state index contributed by atoms with van der Waals surface area (Å²) in [7, 11) is 0. The van der Waals surface area contributed by atoms with Crippen LogP contribution in [0, 0.1) is 0 Å². The van der Waals surface area contributed by atoms with Gasteiger partial charge in [-0.1, -0.05) is 24.3 Å². The van der Waals surface area contributed by atoms with Crippen molar-refractivity contribution in [2.75, 3.05) is 30.7 Å². The fourth-order valence-electron chi connectivity index (χ4n) is 3.11. The Hall–Kier alpha value is -2.28. The zero-order chi connectivity index (χ0) is 18.4. The smallest absolute Gasteiger partial charge is 0.251 e. The molecular formula is C20H26Cl2N4O2. The van der Waals surface area contributed by atoms with Gasteiger partial charge in [0.25, 0.3) is 5.91 Å². The standard InChI is InChI=1S/C20H24N4O2.2ClH/c21-16-6-4-5-15(13-16)20(26)23-18-9-11-24(12-10-18)14-19(25)22-17-7-2-1-3-8-17;;/h1-8,13,18H,9-12,14,21H2,(H,22,25)(H,23,26);2*1H. The van der Waals surface area contributed by atoms with Crippen molar-refractivity contribution in [1.29, 1.82) is 0 Å². The quantitative estimate of drug-likeness (QED) is 0.643. The molecule has 28 heavy (non-hydrogen) atoms. The SMILES string of the molecule is Cl.Cl.Nc1cccc(C(=O)NC2CCN(CC(=O)Nc3ccccc3)CC2)c1. The van der Waals surface area contributed by atoms with Gasteiger partial charge in [0.2, 0.25) is 5.91 Å². The molecule has 0 radical (unpaired) electrons. The number of halogens is 2. The Labute approximate surface area is 177 Å². The van der Waals surface area contributed by atoms with E-state index in [1.54, 1.807) is 24.3 Å². The Morgan fingerprint density at radius 3 is 2.32 bits per heavy atom. The number of anilines is 2. The summed E-state index contributed by atoms with van der Waals surface area (Å²) in [6.45, 7) is 1.93. The van der Waals surface area contributed by atoms with Gasteiger partial charge in [-0.15, -0.1) is 24.8 Å². The maximum Gasteiger partial charge on any atom is 0.251 e. The van der Waals surface area contributed by atoms with Gasteiger partial charge in [-0.25, -0.2) is 0 Å². The fourth-order valence-corrected chi connectivity index (χ4v) is 3.11. The van der Waals surface area contributed by atoms with E-state index in [9.17, 15) is 9.59 Å². The molecule has 0 unspecified atom stereocenters. The number of nitrogens with two attached hydrogens (primary N) is 1. The van der Waals surface area contributed by atoms with E-state index < -0.39 is 0 Å². The molecule has 1 aliphatic heterocycles. The molecule has 0 bridgehead atoms. The first-order chi connectivity index (χ1) is 12.6. The van der Waals surface area contributed by atoms with Crippen molar-refractivity contribution in [3.63, 3.8) is 0 Å². The number of nitrogens with zero attached hydrogens (tertiary/aromatic N) is 1. The average molecular weight is 425 g/mol. The zero-order valence-corrected chi connectivity index (χ0v) is 17.1. The lowest BCUT2D eigenvalue weighted by Crippen LogP contribution is -2.46. The number of para-hydroxylation sites is 1. The first kappa shape index (κ1) is 23.8. The van der Waals surface area contributed by atoms with Crippen LogP contribution in [0.4, 0.5) is 11.4 Å². The van der Waals surface area contributed by atoms with Crippen LogP contribution in [0.15, 0.2) is 54.6 Å². The molecule has 3 rings (SSSR count). The number of amides is 2. The van der Waals surface area contributed by atoms with Gasteiger partial charge in [0.15, 0.2) is 0 Å². The number of likely N-dealkylation sites (tertiary alicyclic amines) is 1. The second-order valence-electron chi connectivity index (χ2n) is 6.56. The van der Waals surface area contributed by atoms with Crippen LogP contribution in [0.5, 0.6) is 0 Å². The summed E-state index contributed by atoms with van der Waals surface area (Å²) in [4.78, 5) is 26.5. The average Bonchev–Trinajstić information content (AvgIpc) is 2.64. The summed E-state index contributed by atoms with van der Waals surface area (Å²) in [6, 6.07) is 16.5. The van der Waals surface area contributed by atoms with Gasteiger partial charge < -0.3 is 16.4 Å². The number of nitrogens with one attached hydrogen (secondary N) is 2. The molecule has 1 saturated heterocycles. The van der Waals surface area contributed by atoms with Gasteiger partial charge >= 0.3 is 0 Å². The number of hydrogen-bond acceptors (Lipinski definition) is 4. The lowest BCUT2D eigenvalue weighted by atomic mass is 10.0. The van der Waals surface area contributed by atoms with Crippen molar-refractivity contribution >= 4 is 48.0 Å². The van der Waals surface area contributed by atoms with Crippen LogP contribution in [-0.4, -0.2) is 42.4 Å². The fraction of sp³-hybridized carbons (Fsp3) is 0.300. The predicted octanol–water partition coefficient (Wildman–Crippen LogP) is 2.95. The van der Waals surface area contributed by atoms with E-state index in [0.29, 0.717) is 17.8 Å². The number of hydrogen-bond donors (Lipinski definition) is 3. The van der Waals surface area contributed by atoms with E-state index in [4.69, 9.17) is 5.73 Å². The number of piperidine rings is 1. The number of rotatable bonds is 5. The minimum Gasteiger partial charge on any atom is -0.399 e. The van der Waals surface area contributed by atoms with E-state index in [0.717, 1.165) is 31.6 Å². The largest absolute Gasteiger partial charge is 0.399 e. The number of carbonyl (C=O) groups is 2. The topological polar surface area (TPSA) is 87.5 Å². The summed E-state index contributed by atoms with van der Waals surface area (Å²) in [5.74, 6) is -0.115. The molecule has 0 aliphatic carbocycles. The summed E-state index contributed by atoms with van der Waals surface area (Å²) >= 11 is 0. The molecule has 1 fully saturated rings. The first-order valence-corrected chi connectivity index (χ1v) is 8.84. The Morgan fingerprint density at radius 1 is 1.00 bits per heavy atom. The van der Waals surface area contributed by atoms with Crippen molar-refractivity contribution in [1.82, 2.24) is 10.2 Å². The molecule has 6 nitrogen and oxygen atoms in total. The molecule has 1 heterocycles. The van der Waals surface area contributed by atoms with Gasteiger partial charge in [0, 0.05) is 36.1 Å². The van der Waals surface area contributed by atoms with Gasteiger partial charge in [0.05, 0.1) is 6.54 Å². The normalized spacial score (nSPS) is 14.3. The van der Waals surface area contributed by atoms with Crippen molar-refractivity contribution in [3.05, 3.63) is 60.2 Å². The number of nitrogen functional groups attached to an aromatic ring is 1. The molecule has 8 heteroatoms. The van der Waals surface area contributed by atoms with Crippen LogP contribution >= 0.6 is 24.8 Å². The third-order valence-electron chi connectivity index (χ3n) is 4.50. The summed E-state index contributed by atoms with van der Waals surface area (Å²) < 4.78 is 0. The highest BCUT2D eigenvalue weighted by atomic mass is 35.5. The lowest BCUT2D eigenvalue weighted by molar-refractivity contribution is -0.117. The van der Waals surface area contributed by atoms with Crippen LogP contribution in [0.3, 0.4) is 0 Å². The van der Waals surface area contributed by atoms with Crippen molar-refractivity contribution in [2.45, 2.75) is 18.9 Å². The molecule has 2 amide bonds. The highest BCUT2D eigenvalue weighted by molar-refractivity contribution is 5.95. The van der Waals surface area contributed by atoms with Crippen LogP contribution in [0.2, 0.25) is 0 Å². The maximum atomic E-state index is 12.3. The molecule has 4 N–H and O–H groups in total. The number of carbonyl (C=O) groups excluding carboxylic acids is 2. The van der Waals surface area contributed by atoms with Gasteiger partial charge in [0.1, 0.15) is 0 Å². The molecule has 0 atom stereocenters. The van der Waals surface area contributed by atoms with Gasteiger partial charge in [-0.3, -0.25) is 14.5 Å². The summed E-state index contributed by atoms with van der Waals surface area (Å²) in [5, 5.41) is 5.95.